The zero-order valence-electron chi connectivity index (χ0n) is 17.6. The van der Waals surface area contributed by atoms with Crippen molar-refractivity contribution in [1.82, 2.24) is 29.9 Å². The van der Waals surface area contributed by atoms with Crippen LogP contribution in [-0.4, -0.2) is 37.0 Å². The maximum atomic E-state index is 13.0. The predicted molar refractivity (Wildman–Crippen MR) is 117 cm³/mol. The highest BCUT2D eigenvalue weighted by atomic mass is 16.1. The van der Waals surface area contributed by atoms with Crippen LogP contribution in [0.1, 0.15) is 35.1 Å². The van der Waals surface area contributed by atoms with E-state index in [1.165, 1.54) is 0 Å². The van der Waals surface area contributed by atoms with Gasteiger partial charge in [0.15, 0.2) is 0 Å². The summed E-state index contributed by atoms with van der Waals surface area (Å²) in [6.07, 6.45) is 4.43. The van der Waals surface area contributed by atoms with E-state index < -0.39 is 0 Å². The number of benzene rings is 1. The molecular weight excluding hydrogens is 376 g/mol. The van der Waals surface area contributed by atoms with E-state index in [4.69, 9.17) is 4.98 Å². The van der Waals surface area contributed by atoms with Gasteiger partial charge in [-0.25, -0.2) is 4.98 Å². The van der Waals surface area contributed by atoms with Gasteiger partial charge in [0.2, 0.25) is 0 Å². The van der Waals surface area contributed by atoms with Crippen molar-refractivity contribution in [1.29, 1.82) is 0 Å². The van der Waals surface area contributed by atoms with Crippen LogP contribution < -0.4 is 5.32 Å². The van der Waals surface area contributed by atoms with E-state index in [9.17, 15) is 4.79 Å². The first-order valence-corrected chi connectivity index (χ1v) is 10.3. The van der Waals surface area contributed by atoms with E-state index in [-0.39, 0.29) is 5.91 Å². The number of hydrogen-bond acceptors (Lipinski definition) is 4. The fourth-order valence-electron chi connectivity index (χ4n) is 3.68. The molecule has 0 saturated carbocycles. The second-order valence-electron chi connectivity index (χ2n) is 7.34. The Balaban J connectivity index is 1.58. The Morgan fingerprint density at radius 2 is 1.93 bits per heavy atom. The smallest absolute Gasteiger partial charge is 0.252 e. The van der Waals surface area contributed by atoms with Crippen molar-refractivity contribution in [2.24, 2.45) is 0 Å². The summed E-state index contributed by atoms with van der Waals surface area (Å²) in [5.41, 5.74) is 5.31. The molecule has 7 heteroatoms. The van der Waals surface area contributed by atoms with Gasteiger partial charge in [0.05, 0.1) is 23.0 Å². The first-order chi connectivity index (χ1) is 14.6. The number of rotatable bonds is 7. The lowest BCUT2D eigenvalue weighted by molar-refractivity contribution is 0.0954. The van der Waals surface area contributed by atoms with Crippen LogP contribution in [0.15, 0.2) is 48.8 Å². The molecule has 7 nitrogen and oxygen atoms in total. The number of aryl methyl sites for hydroxylation is 3. The minimum absolute atomic E-state index is 0.0902. The lowest BCUT2D eigenvalue weighted by Crippen LogP contribution is -2.26. The Kier molecular flexibility index (Phi) is 5.61. The van der Waals surface area contributed by atoms with Gasteiger partial charge in [0.1, 0.15) is 0 Å². The van der Waals surface area contributed by atoms with Crippen molar-refractivity contribution in [2.45, 2.75) is 40.3 Å². The van der Waals surface area contributed by atoms with Crippen LogP contribution in [0.2, 0.25) is 0 Å². The number of carbonyl (C=O) groups excluding carboxylic acids is 1. The number of pyridine rings is 1. The van der Waals surface area contributed by atoms with E-state index >= 15 is 0 Å². The molecule has 0 aliphatic rings. The van der Waals surface area contributed by atoms with Crippen LogP contribution in [0.4, 0.5) is 0 Å². The third-order valence-electron chi connectivity index (χ3n) is 5.40. The maximum Gasteiger partial charge on any atom is 0.252 e. The van der Waals surface area contributed by atoms with Crippen LogP contribution in [0.5, 0.6) is 0 Å². The summed E-state index contributed by atoms with van der Waals surface area (Å²) >= 11 is 0. The quantitative estimate of drug-likeness (QED) is 0.478. The molecule has 0 radical (unpaired) electrons. The maximum absolute atomic E-state index is 13.0. The van der Waals surface area contributed by atoms with Crippen LogP contribution in [-0.2, 0) is 13.1 Å². The van der Waals surface area contributed by atoms with E-state index in [0.717, 1.165) is 53.1 Å². The highest BCUT2D eigenvalue weighted by Crippen LogP contribution is 2.27. The first-order valence-electron chi connectivity index (χ1n) is 10.3. The lowest BCUT2D eigenvalue weighted by Gasteiger charge is -2.11. The van der Waals surface area contributed by atoms with E-state index in [2.05, 4.69) is 22.4 Å². The Hall–Kier alpha value is -3.48. The molecule has 0 bridgehead atoms. The van der Waals surface area contributed by atoms with Gasteiger partial charge in [-0.15, -0.1) is 0 Å². The summed E-state index contributed by atoms with van der Waals surface area (Å²) < 4.78 is 3.88. The molecule has 4 rings (SSSR count). The largest absolute Gasteiger partial charge is 0.352 e. The molecule has 154 valence electrons. The molecule has 0 saturated heterocycles. The topological polar surface area (TPSA) is 77.6 Å². The van der Waals surface area contributed by atoms with Gasteiger partial charge in [-0.2, -0.15) is 10.2 Å². The number of aromatic nitrogens is 5. The number of nitrogens with zero attached hydrogens (tertiary/aromatic N) is 5. The van der Waals surface area contributed by atoms with E-state index in [1.54, 1.807) is 6.20 Å². The van der Waals surface area contributed by atoms with E-state index in [0.29, 0.717) is 12.1 Å². The fraction of sp³-hybridized carbons (Fsp3) is 0.304. The minimum Gasteiger partial charge on any atom is -0.352 e. The van der Waals surface area contributed by atoms with Crippen LogP contribution in [0, 0.1) is 13.8 Å². The molecular formula is C23H26N6O. The summed E-state index contributed by atoms with van der Waals surface area (Å²) in [5, 5.41) is 12.6. The third kappa shape index (κ3) is 3.83. The van der Waals surface area contributed by atoms with Gasteiger partial charge in [0.25, 0.3) is 5.91 Å². The standard InChI is InChI=1S/C23H26N6O/c1-4-28-17(3)20(15-26-28)22-14-19(18-8-5-6-9-21(18)27-22)23(30)24-11-7-13-29-16(2)10-12-25-29/h5-6,8-10,12,14-15H,4,7,11,13H2,1-3H3,(H,24,30). The van der Waals surface area contributed by atoms with Crippen LogP contribution in [0.3, 0.4) is 0 Å². The minimum atomic E-state index is -0.0902. The number of fused-ring (bicyclic) bond motifs is 1. The summed E-state index contributed by atoms with van der Waals surface area (Å²) in [6, 6.07) is 11.6. The van der Waals surface area contributed by atoms with E-state index in [1.807, 2.05) is 65.8 Å². The molecule has 1 N–H and O–H groups in total. The summed E-state index contributed by atoms with van der Waals surface area (Å²) in [6.45, 7) is 8.26. The molecule has 0 aliphatic heterocycles. The Morgan fingerprint density at radius 3 is 2.67 bits per heavy atom. The number of para-hydroxylation sites is 1. The van der Waals surface area contributed by atoms with Gasteiger partial charge >= 0.3 is 0 Å². The third-order valence-corrected chi connectivity index (χ3v) is 5.40. The molecule has 0 unspecified atom stereocenters. The average molecular weight is 403 g/mol. The summed E-state index contributed by atoms with van der Waals surface area (Å²) in [4.78, 5) is 17.8. The zero-order valence-corrected chi connectivity index (χ0v) is 17.6. The summed E-state index contributed by atoms with van der Waals surface area (Å²) in [5.74, 6) is -0.0902. The van der Waals surface area contributed by atoms with Gasteiger partial charge in [-0.3, -0.25) is 14.2 Å². The first kappa shape index (κ1) is 19.8. The molecule has 0 fully saturated rings. The molecule has 30 heavy (non-hydrogen) atoms. The van der Waals surface area contributed by atoms with Gasteiger partial charge < -0.3 is 5.32 Å². The monoisotopic (exact) mass is 402 g/mol. The highest BCUT2D eigenvalue weighted by molar-refractivity contribution is 6.07. The average Bonchev–Trinajstić information content (AvgIpc) is 3.35. The highest BCUT2D eigenvalue weighted by Gasteiger charge is 2.16. The molecule has 3 aromatic heterocycles. The molecule has 0 atom stereocenters. The second kappa shape index (κ2) is 8.49. The molecule has 0 spiro atoms. The Bertz CT molecular complexity index is 1190. The molecule has 3 heterocycles. The Labute approximate surface area is 175 Å². The number of amides is 1. The summed E-state index contributed by atoms with van der Waals surface area (Å²) in [7, 11) is 0. The molecule has 1 amide bonds. The van der Waals surface area contributed by atoms with Gasteiger partial charge in [-0.05, 0) is 45.4 Å². The van der Waals surface area contributed by atoms with Gasteiger partial charge in [0, 0.05) is 48.2 Å². The number of nitrogens with one attached hydrogen (secondary N) is 1. The van der Waals surface area contributed by atoms with Crippen molar-refractivity contribution in [3.8, 4) is 11.3 Å². The van der Waals surface area contributed by atoms with Crippen molar-refractivity contribution in [3.05, 3.63) is 65.7 Å². The van der Waals surface area contributed by atoms with Crippen LogP contribution in [0.25, 0.3) is 22.2 Å². The number of hydrogen-bond donors (Lipinski definition) is 1. The van der Waals surface area contributed by atoms with Crippen molar-refractivity contribution < 1.29 is 4.79 Å². The number of carbonyl (C=O) groups is 1. The molecule has 4 aromatic rings. The predicted octanol–water partition coefficient (Wildman–Crippen LogP) is 3.75. The zero-order chi connectivity index (χ0) is 21.1. The van der Waals surface area contributed by atoms with Crippen molar-refractivity contribution >= 4 is 16.8 Å². The fourth-order valence-corrected chi connectivity index (χ4v) is 3.68. The van der Waals surface area contributed by atoms with Gasteiger partial charge in [-0.1, -0.05) is 18.2 Å². The molecule has 0 aliphatic carbocycles. The second-order valence-corrected chi connectivity index (χ2v) is 7.34. The van der Waals surface area contributed by atoms with Crippen molar-refractivity contribution in [2.75, 3.05) is 6.54 Å². The normalized spacial score (nSPS) is 11.2. The van der Waals surface area contributed by atoms with Crippen molar-refractivity contribution in [3.63, 3.8) is 0 Å². The molecule has 1 aromatic carbocycles. The Morgan fingerprint density at radius 1 is 1.10 bits per heavy atom. The SMILES string of the molecule is CCn1ncc(-c2cc(C(=O)NCCCn3nccc3C)c3ccccc3n2)c1C. The van der Waals surface area contributed by atoms with Crippen LogP contribution >= 0.6 is 0 Å². The lowest BCUT2D eigenvalue weighted by atomic mass is 10.0.